The third-order valence-corrected chi connectivity index (χ3v) is 7.76. The summed E-state index contributed by atoms with van der Waals surface area (Å²) >= 11 is 0. The predicted molar refractivity (Wildman–Crippen MR) is 91.7 cm³/mol. The van der Waals surface area contributed by atoms with E-state index in [2.05, 4.69) is 6.58 Å². The third kappa shape index (κ3) is 4.02. The average Bonchev–Trinajstić information content (AvgIpc) is 2.84. The fraction of sp³-hybridized carbons (Fsp3) is 0.500. The van der Waals surface area contributed by atoms with E-state index in [0.717, 1.165) is 5.56 Å². The first-order valence-electron chi connectivity index (χ1n) is 7.60. The van der Waals surface area contributed by atoms with E-state index in [0.29, 0.717) is 12.3 Å². The van der Waals surface area contributed by atoms with E-state index < -0.39 is 25.9 Å². The fourth-order valence-electron chi connectivity index (χ4n) is 2.73. The highest BCUT2D eigenvalue weighted by Gasteiger charge is 2.38. The van der Waals surface area contributed by atoms with Crippen LogP contribution in [0.15, 0.2) is 41.8 Å². The Bertz CT molecular complexity index is 765. The van der Waals surface area contributed by atoms with Gasteiger partial charge in [0.05, 0.1) is 16.4 Å². The predicted octanol–water partition coefficient (Wildman–Crippen LogP) is 2.17. The Kier molecular flexibility index (Phi) is 5.33. The molecule has 0 N–H and O–H groups in total. The molecular weight excluding hydrogens is 334 g/mol. The van der Waals surface area contributed by atoms with Crippen LogP contribution in [-0.2, 0) is 19.9 Å². The zero-order valence-corrected chi connectivity index (χ0v) is 15.1. The van der Waals surface area contributed by atoms with Crippen LogP contribution in [0.2, 0.25) is 0 Å². The molecule has 128 valence electrons. The summed E-state index contributed by atoms with van der Waals surface area (Å²) < 4.78 is 50.4. The van der Waals surface area contributed by atoms with Gasteiger partial charge in [0.2, 0.25) is 10.0 Å². The highest BCUT2D eigenvalue weighted by Crippen LogP contribution is 2.26. The summed E-state index contributed by atoms with van der Waals surface area (Å²) in [5.74, 6) is 0.230. The van der Waals surface area contributed by atoms with Crippen molar-refractivity contribution in [3.05, 3.63) is 42.5 Å². The van der Waals surface area contributed by atoms with Crippen molar-refractivity contribution < 1.29 is 16.8 Å². The van der Waals surface area contributed by atoms with Gasteiger partial charge in [0.25, 0.3) is 0 Å². The summed E-state index contributed by atoms with van der Waals surface area (Å²) in [6, 6.07) is 6.26. The summed E-state index contributed by atoms with van der Waals surface area (Å²) in [5, 5.41) is 0. The zero-order chi connectivity index (χ0) is 17.3. The Morgan fingerprint density at radius 2 is 1.91 bits per heavy atom. The molecule has 0 spiro atoms. The third-order valence-electron chi connectivity index (χ3n) is 4.08. The van der Waals surface area contributed by atoms with Crippen LogP contribution in [0.25, 0.3) is 0 Å². The van der Waals surface area contributed by atoms with Crippen LogP contribution in [0.5, 0.6) is 0 Å². The molecule has 23 heavy (non-hydrogen) atoms. The van der Waals surface area contributed by atoms with Gasteiger partial charge < -0.3 is 0 Å². The minimum Gasteiger partial charge on any atom is -0.229 e. The molecule has 1 heterocycles. The molecule has 1 aromatic rings. The van der Waals surface area contributed by atoms with Gasteiger partial charge >= 0.3 is 0 Å². The lowest BCUT2D eigenvalue weighted by Gasteiger charge is -2.26. The van der Waals surface area contributed by atoms with Crippen LogP contribution in [0.4, 0.5) is 0 Å². The van der Waals surface area contributed by atoms with Gasteiger partial charge in [0, 0.05) is 12.6 Å². The molecular formula is C16H23NO4S2. The lowest BCUT2D eigenvalue weighted by molar-refractivity contribution is 0.367. The molecule has 1 atom stereocenters. The molecule has 0 aliphatic carbocycles. The molecule has 0 bridgehead atoms. The van der Waals surface area contributed by atoms with E-state index in [1.54, 1.807) is 24.3 Å². The van der Waals surface area contributed by atoms with Gasteiger partial charge in [0.1, 0.15) is 0 Å². The average molecular weight is 357 g/mol. The van der Waals surface area contributed by atoms with E-state index in [1.807, 2.05) is 13.8 Å². The highest BCUT2D eigenvalue weighted by molar-refractivity contribution is 7.92. The van der Waals surface area contributed by atoms with Crippen molar-refractivity contribution in [3.8, 4) is 0 Å². The van der Waals surface area contributed by atoms with Gasteiger partial charge in [-0.15, -0.1) is 6.58 Å². The lowest BCUT2D eigenvalue weighted by atomic mass is 10.0. The van der Waals surface area contributed by atoms with Crippen LogP contribution < -0.4 is 0 Å². The van der Waals surface area contributed by atoms with Gasteiger partial charge in [-0.3, -0.25) is 0 Å². The van der Waals surface area contributed by atoms with Crippen molar-refractivity contribution in [1.29, 1.82) is 0 Å². The molecule has 0 unspecified atom stereocenters. The van der Waals surface area contributed by atoms with Gasteiger partial charge in [0.15, 0.2) is 9.84 Å². The number of sulfone groups is 1. The van der Waals surface area contributed by atoms with E-state index in [1.165, 1.54) is 10.4 Å². The molecule has 0 amide bonds. The largest absolute Gasteiger partial charge is 0.243 e. The first kappa shape index (κ1) is 18.2. The second-order valence-corrected chi connectivity index (χ2v) is 10.3. The normalized spacial score (nSPS) is 21.0. The molecule has 1 aliphatic heterocycles. The fourth-order valence-corrected chi connectivity index (χ4v) is 6.18. The number of rotatable bonds is 6. The van der Waals surface area contributed by atoms with Crippen molar-refractivity contribution in [2.75, 3.05) is 18.1 Å². The molecule has 1 aliphatic rings. The maximum atomic E-state index is 12.9. The van der Waals surface area contributed by atoms with Gasteiger partial charge in [-0.25, -0.2) is 16.8 Å². The number of hydrogen-bond donors (Lipinski definition) is 0. The van der Waals surface area contributed by atoms with E-state index in [-0.39, 0.29) is 22.9 Å². The standard InChI is InChI=1S/C16H23NO4S2/c1-4-10-17(15-9-11-22(18,19)12-15)23(20,21)16-7-5-14(6-8-16)13(2)3/h4-8,13,15H,1,9-12H2,2-3H3/t15-/m0/s1. The monoisotopic (exact) mass is 357 g/mol. The van der Waals surface area contributed by atoms with Gasteiger partial charge in [-0.05, 0) is 30.0 Å². The molecule has 1 fully saturated rings. The van der Waals surface area contributed by atoms with Crippen LogP contribution in [-0.4, -0.2) is 45.2 Å². The maximum absolute atomic E-state index is 12.9. The number of hydrogen-bond acceptors (Lipinski definition) is 4. The van der Waals surface area contributed by atoms with Gasteiger partial charge in [-0.2, -0.15) is 4.31 Å². The van der Waals surface area contributed by atoms with Crippen LogP contribution in [0, 0.1) is 0 Å². The lowest BCUT2D eigenvalue weighted by Crippen LogP contribution is -2.41. The van der Waals surface area contributed by atoms with E-state index >= 15 is 0 Å². The first-order valence-corrected chi connectivity index (χ1v) is 10.9. The quantitative estimate of drug-likeness (QED) is 0.732. The summed E-state index contributed by atoms with van der Waals surface area (Å²) in [6.45, 7) is 7.78. The van der Waals surface area contributed by atoms with Crippen LogP contribution in [0.3, 0.4) is 0 Å². The molecule has 1 saturated heterocycles. The summed E-state index contributed by atoms with van der Waals surface area (Å²) in [7, 11) is -6.90. The van der Waals surface area contributed by atoms with E-state index in [9.17, 15) is 16.8 Å². The smallest absolute Gasteiger partial charge is 0.229 e. The molecule has 2 rings (SSSR count). The van der Waals surface area contributed by atoms with Crippen molar-refractivity contribution in [1.82, 2.24) is 4.31 Å². The Hall–Kier alpha value is -1.18. The number of benzene rings is 1. The Morgan fingerprint density at radius 3 is 2.35 bits per heavy atom. The Morgan fingerprint density at radius 1 is 1.30 bits per heavy atom. The molecule has 7 heteroatoms. The van der Waals surface area contributed by atoms with Crippen LogP contribution >= 0.6 is 0 Å². The summed E-state index contributed by atoms with van der Waals surface area (Å²) in [6.07, 6.45) is 1.82. The van der Waals surface area contributed by atoms with Crippen molar-refractivity contribution in [2.45, 2.75) is 37.1 Å². The molecule has 0 saturated carbocycles. The Labute approximate surface area is 139 Å². The molecule has 0 aromatic heterocycles. The van der Waals surface area contributed by atoms with Crippen molar-refractivity contribution in [3.63, 3.8) is 0 Å². The topological polar surface area (TPSA) is 71.5 Å². The molecule has 5 nitrogen and oxygen atoms in total. The van der Waals surface area contributed by atoms with Gasteiger partial charge in [-0.1, -0.05) is 32.1 Å². The van der Waals surface area contributed by atoms with E-state index in [4.69, 9.17) is 0 Å². The zero-order valence-electron chi connectivity index (χ0n) is 13.5. The number of sulfonamides is 1. The minimum atomic E-state index is -3.74. The van der Waals surface area contributed by atoms with Crippen LogP contribution in [0.1, 0.15) is 31.7 Å². The maximum Gasteiger partial charge on any atom is 0.243 e. The molecule has 0 radical (unpaired) electrons. The Balaban J connectivity index is 2.35. The minimum absolute atomic E-state index is 0.0348. The first-order chi connectivity index (χ1) is 10.7. The van der Waals surface area contributed by atoms with Crippen molar-refractivity contribution in [2.24, 2.45) is 0 Å². The van der Waals surface area contributed by atoms with Crippen molar-refractivity contribution >= 4 is 19.9 Å². The summed E-state index contributed by atoms with van der Waals surface area (Å²) in [5.41, 5.74) is 1.06. The number of nitrogens with zero attached hydrogens (tertiary/aromatic N) is 1. The summed E-state index contributed by atoms with van der Waals surface area (Å²) in [4.78, 5) is 0.188. The SMILES string of the molecule is C=CCN([C@H]1CCS(=O)(=O)C1)S(=O)(=O)c1ccc(C(C)C)cc1. The highest BCUT2D eigenvalue weighted by atomic mass is 32.2. The second kappa shape index (κ2) is 6.75. The molecule has 1 aromatic carbocycles. The second-order valence-electron chi connectivity index (χ2n) is 6.14.